The minimum absolute atomic E-state index is 0.0175. The Bertz CT molecular complexity index is 1890. The maximum atomic E-state index is 14.1. The highest BCUT2D eigenvalue weighted by Crippen LogP contribution is 2.30. The molecule has 0 saturated heterocycles. The van der Waals surface area contributed by atoms with Gasteiger partial charge in [0.15, 0.2) is 9.84 Å². The van der Waals surface area contributed by atoms with E-state index in [0.29, 0.717) is 59.1 Å². The minimum Gasteiger partial charge on any atom is -0.449 e. The van der Waals surface area contributed by atoms with Crippen LogP contribution < -0.4 is 16.2 Å². The van der Waals surface area contributed by atoms with Crippen LogP contribution >= 0.6 is 0 Å². The number of ether oxygens (including phenoxy) is 1. The van der Waals surface area contributed by atoms with Crippen molar-refractivity contribution in [2.24, 2.45) is 0 Å². The van der Waals surface area contributed by atoms with Crippen LogP contribution in [0.15, 0.2) is 71.8 Å². The first-order valence-electron chi connectivity index (χ1n) is 14.5. The number of fused-ring (bicyclic) bond motifs is 10. The van der Waals surface area contributed by atoms with Crippen LogP contribution in [0.1, 0.15) is 41.1 Å². The normalized spacial score (nSPS) is 17.8. The summed E-state index contributed by atoms with van der Waals surface area (Å²) in [6.45, 7) is 0.331. The standard InChI is InChI=1S/C32H33N5O6S/c1-37-18-23-16-24(7-6-21(23)13-15-44(41,42)26-9-10-26)36-32(40)43-14-12-20-2-4-22(5-3-20)29(31(37)39)35-25-8-11-28-27(17-25)30(38)34-19-33-28/h2-8,11,16-17,19,26,29,35H,9-10,12-15,18H2,1H3,(H,36,40)(H,33,34,38)/t29-/m1/s1. The van der Waals surface area contributed by atoms with Gasteiger partial charge in [-0.15, -0.1) is 0 Å². The second-order valence-electron chi connectivity index (χ2n) is 11.3. The number of nitrogens with zero attached hydrogens (tertiary/aromatic N) is 2. The Labute approximate surface area is 254 Å². The summed E-state index contributed by atoms with van der Waals surface area (Å²) >= 11 is 0. The van der Waals surface area contributed by atoms with Crippen molar-refractivity contribution in [3.8, 4) is 0 Å². The SMILES string of the molecule is CN1Cc2cc(ccc2CCS(=O)(=O)C2CC2)NC(=O)OCCc2ccc(cc2)[C@@H](Nc2ccc3nc[nH]c(=O)c3c2)C1=O. The van der Waals surface area contributed by atoms with E-state index in [2.05, 4.69) is 20.6 Å². The summed E-state index contributed by atoms with van der Waals surface area (Å²) in [5.41, 5.74) is 4.46. The molecule has 11 nitrogen and oxygen atoms in total. The van der Waals surface area contributed by atoms with Crippen LogP contribution in [0.25, 0.3) is 10.9 Å². The van der Waals surface area contributed by atoms with Crippen LogP contribution in [0.4, 0.5) is 16.2 Å². The van der Waals surface area contributed by atoms with Gasteiger partial charge in [-0.2, -0.15) is 0 Å². The number of anilines is 2. The van der Waals surface area contributed by atoms with Crippen molar-refractivity contribution in [1.29, 1.82) is 0 Å². The van der Waals surface area contributed by atoms with Gasteiger partial charge in [-0.1, -0.05) is 30.3 Å². The average molecular weight is 616 g/mol. The quantitative estimate of drug-likeness (QED) is 0.295. The van der Waals surface area contributed by atoms with Crippen LogP contribution in [0.2, 0.25) is 0 Å². The van der Waals surface area contributed by atoms with E-state index in [0.717, 1.165) is 11.1 Å². The zero-order chi connectivity index (χ0) is 30.8. The Hall–Kier alpha value is -4.71. The lowest BCUT2D eigenvalue weighted by atomic mass is 10.0. The molecule has 1 atom stereocenters. The van der Waals surface area contributed by atoms with Crippen molar-refractivity contribution in [1.82, 2.24) is 14.9 Å². The number of rotatable bonds is 6. The van der Waals surface area contributed by atoms with Crippen molar-refractivity contribution in [3.63, 3.8) is 0 Å². The summed E-state index contributed by atoms with van der Waals surface area (Å²) < 4.78 is 30.7. The highest BCUT2D eigenvalue weighted by molar-refractivity contribution is 7.92. The number of sulfone groups is 1. The summed E-state index contributed by atoms with van der Waals surface area (Å²) in [5, 5.41) is 6.20. The molecule has 0 unspecified atom stereocenters. The number of H-pyrrole nitrogens is 1. The van der Waals surface area contributed by atoms with Gasteiger partial charge in [-0.3, -0.25) is 14.9 Å². The van der Waals surface area contributed by atoms with Crippen molar-refractivity contribution in [3.05, 3.63) is 99.6 Å². The fraction of sp³-hybridized carbons (Fsp3) is 0.312. The summed E-state index contributed by atoms with van der Waals surface area (Å²) in [6, 6.07) is 17.1. The van der Waals surface area contributed by atoms with Crippen LogP contribution in [0.5, 0.6) is 0 Å². The third kappa shape index (κ3) is 6.60. The van der Waals surface area contributed by atoms with E-state index in [4.69, 9.17) is 4.74 Å². The Kier molecular flexibility index (Phi) is 8.09. The van der Waals surface area contributed by atoms with Crippen LogP contribution in [0, 0.1) is 0 Å². The summed E-state index contributed by atoms with van der Waals surface area (Å²) in [6.07, 6.45) is 2.94. The number of aromatic nitrogens is 2. The second kappa shape index (κ2) is 12.1. The molecule has 4 bridgehead atoms. The van der Waals surface area contributed by atoms with Gasteiger partial charge < -0.3 is 19.9 Å². The van der Waals surface area contributed by atoms with Gasteiger partial charge >= 0.3 is 6.09 Å². The monoisotopic (exact) mass is 615 g/mol. The molecule has 2 aliphatic heterocycles. The van der Waals surface area contributed by atoms with Crippen molar-refractivity contribution < 1.29 is 22.7 Å². The second-order valence-corrected chi connectivity index (χ2v) is 13.7. The highest BCUT2D eigenvalue weighted by atomic mass is 32.2. The molecule has 0 spiro atoms. The predicted molar refractivity (Wildman–Crippen MR) is 167 cm³/mol. The van der Waals surface area contributed by atoms with Crippen LogP contribution in [0.3, 0.4) is 0 Å². The molecule has 228 valence electrons. The molecule has 3 N–H and O–H groups in total. The maximum absolute atomic E-state index is 14.1. The van der Waals surface area contributed by atoms with Gasteiger partial charge in [0, 0.05) is 31.4 Å². The van der Waals surface area contributed by atoms with Crippen LogP contribution in [-0.2, 0) is 38.8 Å². The maximum Gasteiger partial charge on any atom is 0.411 e. The number of carbonyl (C=O) groups is 2. The lowest BCUT2D eigenvalue weighted by molar-refractivity contribution is -0.131. The van der Waals surface area contributed by atoms with Gasteiger partial charge in [-0.05, 0) is 71.8 Å². The summed E-state index contributed by atoms with van der Waals surface area (Å²) in [7, 11) is -1.51. The summed E-state index contributed by atoms with van der Waals surface area (Å²) in [4.78, 5) is 47.4. The Morgan fingerprint density at radius 1 is 1.02 bits per heavy atom. The molecule has 3 aromatic carbocycles. The number of benzene rings is 3. The molecule has 1 aliphatic carbocycles. The molecule has 0 radical (unpaired) electrons. The molecule has 2 amide bonds. The van der Waals surface area contributed by atoms with Gasteiger partial charge in [0.2, 0.25) is 5.91 Å². The molecule has 12 heteroatoms. The Balaban J connectivity index is 1.34. The summed E-state index contributed by atoms with van der Waals surface area (Å²) in [5.74, 6) is -0.219. The van der Waals surface area contributed by atoms with E-state index >= 15 is 0 Å². The molecule has 3 aliphatic rings. The van der Waals surface area contributed by atoms with Gasteiger partial charge in [0.25, 0.3) is 5.56 Å². The number of aromatic amines is 1. The number of nitrogens with one attached hydrogen (secondary N) is 3. The predicted octanol–water partition coefficient (Wildman–Crippen LogP) is 3.96. The third-order valence-electron chi connectivity index (χ3n) is 8.06. The zero-order valence-corrected chi connectivity index (χ0v) is 25.0. The molecular formula is C32H33N5O6S. The number of hydrogen-bond donors (Lipinski definition) is 3. The van der Waals surface area contributed by atoms with Crippen molar-refractivity contribution in [2.75, 3.05) is 30.0 Å². The third-order valence-corrected chi connectivity index (χ3v) is 10.3. The Morgan fingerprint density at radius 2 is 1.82 bits per heavy atom. The van der Waals surface area contributed by atoms with Gasteiger partial charge in [-0.25, -0.2) is 18.2 Å². The number of hydrogen-bond acceptors (Lipinski definition) is 8. The molecule has 44 heavy (non-hydrogen) atoms. The van der Waals surface area contributed by atoms with Crippen LogP contribution in [-0.4, -0.2) is 59.9 Å². The molecule has 1 aromatic heterocycles. The topological polar surface area (TPSA) is 151 Å². The van der Waals surface area contributed by atoms with E-state index < -0.39 is 22.0 Å². The van der Waals surface area contributed by atoms with Crippen molar-refractivity contribution >= 4 is 44.1 Å². The Morgan fingerprint density at radius 3 is 2.59 bits per heavy atom. The molecule has 3 heterocycles. The number of likely N-dealkylation sites (N-methyl/N-ethyl adjacent to an activating group) is 1. The molecule has 1 fully saturated rings. The minimum atomic E-state index is -3.19. The van der Waals surface area contributed by atoms with E-state index in [9.17, 15) is 22.8 Å². The van der Waals surface area contributed by atoms with Gasteiger partial charge in [0.1, 0.15) is 6.04 Å². The van der Waals surface area contributed by atoms with E-state index in [1.54, 1.807) is 48.3 Å². The first kappa shape index (κ1) is 29.4. The fourth-order valence-corrected chi connectivity index (χ4v) is 7.09. The van der Waals surface area contributed by atoms with E-state index in [1.807, 2.05) is 24.3 Å². The van der Waals surface area contributed by atoms with E-state index in [-0.39, 0.29) is 35.6 Å². The first-order chi connectivity index (χ1) is 21.2. The molecule has 7 rings (SSSR count). The number of carbonyl (C=O) groups excluding carboxylic acids is 2. The lowest BCUT2D eigenvalue weighted by Crippen LogP contribution is -2.35. The average Bonchev–Trinajstić information content (AvgIpc) is 3.86. The van der Waals surface area contributed by atoms with E-state index in [1.165, 1.54) is 6.33 Å². The smallest absolute Gasteiger partial charge is 0.411 e. The highest BCUT2D eigenvalue weighted by Gasteiger charge is 2.35. The molecule has 4 aromatic rings. The zero-order valence-electron chi connectivity index (χ0n) is 24.2. The molecule has 1 saturated carbocycles. The number of amides is 2. The fourth-order valence-electron chi connectivity index (χ4n) is 5.40. The van der Waals surface area contributed by atoms with Gasteiger partial charge in [0.05, 0.1) is 34.8 Å². The largest absolute Gasteiger partial charge is 0.449 e. The van der Waals surface area contributed by atoms with Crippen molar-refractivity contribution in [2.45, 2.75) is 43.5 Å². The number of aryl methyl sites for hydroxylation is 1. The lowest BCUT2D eigenvalue weighted by Gasteiger charge is -2.27. The first-order valence-corrected chi connectivity index (χ1v) is 16.2. The molecular weight excluding hydrogens is 582 g/mol.